The molecule has 0 saturated carbocycles. The van der Waals surface area contributed by atoms with Crippen molar-refractivity contribution in [3.05, 3.63) is 59.7 Å². The third-order valence-electron chi connectivity index (χ3n) is 4.51. The Balaban J connectivity index is 1.77. The summed E-state index contributed by atoms with van der Waals surface area (Å²) in [6, 6.07) is 10.4. The van der Waals surface area contributed by atoms with Gasteiger partial charge in [-0.25, -0.2) is 9.97 Å². The number of hydrogen-bond donors (Lipinski definition) is 1. The van der Waals surface area contributed by atoms with Crippen LogP contribution < -0.4 is 5.73 Å². The Kier molecular flexibility index (Phi) is 5.04. The van der Waals surface area contributed by atoms with E-state index in [2.05, 4.69) is 34.0 Å². The number of nitrogens with two attached hydrogens (primary N) is 1. The van der Waals surface area contributed by atoms with Crippen LogP contribution in [0.2, 0.25) is 0 Å². The van der Waals surface area contributed by atoms with Crippen molar-refractivity contribution in [1.29, 1.82) is 0 Å². The molecule has 1 unspecified atom stereocenters. The maximum atomic E-state index is 12.8. The van der Waals surface area contributed by atoms with E-state index in [0.29, 0.717) is 13.1 Å². The average molecular weight is 339 g/mol. The zero-order valence-corrected chi connectivity index (χ0v) is 14.1. The minimum atomic E-state index is -0.744. The largest absolute Gasteiger partial charge is 0.364 e. The van der Waals surface area contributed by atoms with Gasteiger partial charge < -0.3 is 10.6 Å². The average Bonchev–Trinajstić information content (AvgIpc) is 2.64. The molecule has 0 radical (unpaired) electrons. The molecule has 1 aliphatic heterocycles. The Morgan fingerprint density at radius 3 is 2.48 bits per heavy atom. The lowest BCUT2D eigenvalue weighted by Crippen LogP contribution is -2.54. The quantitative estimate of drug-likeness (QED) is 0.879. The van der Waals surface area contributed by atoms with Gasteiger partial charge in [-0.15, -0.1) is 0 Å². The predicted molar refractivity (Wildman–Crippen MR) is 93.0 cm³/mol. The van der Waals surface area contributed by atoms with Crippen molar-refractivity contribution in [2.45, 2.75) is 12.5 Å². The fourth-order valence-corrected chi connectivity index (χ4v) is 3.06. The molecule has 0 aliphatic carbocycles. The van der Waals surface area contributed by atoms with Gasteiger partial charge in [-0.2, -0.15) is 0 Å². The van der Waals surface area contributed by atoms with Gasteiger partial charge in [0.25, 0.3) is 11.8 Å². The summed E-state index contributed by atoms with van der Waals surface area (Å²) in [6.07, 6.45) is 3.61. The molecule has 1 aromatic carbocycles. The molecule has 7 heteroatoms. The second kappa shape index (κ2) is 7.40. The van der Waals surface area contributed by atoms with E-state index in [1.54, 1.807) is 4.90 Å². The fraction of sp³-hybridized carbons (Fsp3) is 0.333. The fourth-order valence-electron chi connectivity index (χ4n) is 3.06. The van der Waals surface area contributed by atoms with Gasteiger partial charge in [0, 0.05) is 38.1 Å². The van der Waals surface area contributed by atoms with E-state index in [1.165, 1.54) is 18.0 Å². The Bertz CT molecular complexity index is 765. The molecular formula is C18H21N5O2. The molecule has 0 bridgehead atoms. The number of primary amides is 1. The van der Waals surface area contributed by atoms with Crippen molar-refractivity contribution in [1.82, 2.24) is 19.8 Å². The molecule has 0 spiro atoms. The number of aromatic nitrogens is 2. The summed E-state index contributed by atoms with van der Waals surface area (Å²) in [6.45, 7) is 1.91. The molecule has 1 fully saturated rings. The molecular weight excluding hydrogens is 318 g/mol. The van der Waals surface area contributed by atoms with E-state index in [4.69, 9.17) is 5.73 Å². The molecule has 2 heterocycles. The van der Waals surface area contributed by atoms with E-state index in [-0.39, 0.29) is 23.3 Å². The van der Waals surface area contributed by atoms with Crippen molar-refractivity contribution in [2.75, 3.05) is 26.7 Å². The first-order chi connectivity index (χ1) is 12.1. The minimum Gasteiger partial charge on any atom is -0.364 e. The Labute approximate surface area is 146 Å². The van der Waals surface area contributed by atoms with Crippen LogP contribution in [0.5, 0.6) is 0 Å². The summed E-state index contributed by atoms with van der Waals surface area (Å²) in [7, 11) is 2.06. The monoisotopic (exact) mass is 339 g/mol. The summed E-state index contributed by atoms with van der Waals surface area (Å²) in [5.74, 6) is -1.04. The van der Waals surface area contributed by atoms with Gasteiger partial charge in [0.1, 0.15) is 0 Å². The molecule has 2 aromatic rings. The Hall–Kier alpha value is -2.80. The lowest BCUT2D eigenvalue weighted by Gasteiger charge is -2.39. The minimum absolute atomic E-state index is 0.0259. The number of benzene rings is 1. The van der Waals surface area contributed by atoms with Crippen LogP contribution in [0.25, 0.3) is 0 Å². The number of amides is 2. The number of likely N-dealkylation sites (N-methyl/N-ethyl adjacent to an activating group) is 1. The lowest BCUT2D eigenvalue weighted by atomic mass is 10.0. The third kappa shape index (κ3) is 3.83. The zero-order valence-electron chi connectivity index (χ0n) is 14.1. The van der Waals surface area contributed by atoms with Gasteiger partial charge in [-0.05, 0) is 19.0 Å². The standard InChI is InChI=1S/C18H21N5O2/c1-22-9-10-23(12-14(22)11-13-5-3-2-4-6-13)18(25)16-15(17(19)24)20-7-8-21-16/h2-8,14H,9-12H2,1H3,(H2,19,24). The van der Waals surface area contributed by atoms with Crippen LogP contribution in [0.1, 0.15) is 26.5 Å². The van der Waals surface area contributed by atoms with E-state index >= 15 is 0 Å². The molecule has 1 aliphatic rings. The SMILES string of the molecule is CN1CCN(C(=O)c2nccnc2C(N)=O)CC1Cc1ccccc1. The van der Waals surface area contributed by atoms with Crippen LogP contribution in [0.3, 0.4) is 0 Å². The first kappa shape index (κ1) is 17.0. The second-order valence-corrected chi connectivity index (χ2v) is 6.19. The summed E-state index contributed by atoms with van der Waals surface area (Å²) >= 11 is 0. The van der Waals surface area contributed by atoms with Crippen LogP contribution in [-0.2, 0) is 6.42 Å². The van der Waals surface area contributed by atoms with Crippen LogP contribution >= 0.6 is 0 Å². The number of rotatable bonds is 4. The molecule has 1 saturated heterocycles. The van der Waals surface area contributed by atoms with Crippen LogP contribution in [0.4, 0.5) is 0 Å². The maximum absolute atomic E-state index is 12.8. The summed E-state index contributed by atoms with van der Waals surface area (Å²) in [5, 5.41) is 0. The van der Waals surface area contributed by atoms with Gasteiger partial charge in [-0.3, -0.25) is 14.5 Å². The van der Waals surface area contributed by atoms with Gasteiger partial charge in [0.15, 0.2) is 11.4 Å². The van der Waals surface area contributed by atoms with Gasteiger partial charge in [0.2, 0.25) is 0 Å². The molecule has 2 N–H and O–H groups in total. The van der Waals surface area contributed by atoms with Gasteiger partial charge >= 0.3 is 0 Å². The van der Waals surface area contributed by atoms with Crippen molar-refractivity contribution in [3.8, 4) is 0 Å². The first-order valence-corrected chi connectivity index (χ1v) is 8.20. The van der Waals surface area contributed by atoms with Crippen molar-refractivity contribution in [3.63, 3.8) is 0 Å². The van der Waals surface area contributed by atoms with Crippen molar-refractivity contribution >= 4 is 11.8 Å². The van der Waals surface area contributed by atoms with E-state index in [0.717, 1.165) is 13.0 Å². The molecule has 7 nitrogen and oxygen atoms in total. The van der Waals surface area contributed by atoms with Gasteiger partial charge in [-0.1, -0.05) is 30.3 Å². The molecule has 2 amide bonds. The maximum Gasteiger partial charge on any atom is 0.275 e. The number of carbonyl (C=O) groups is 2. The smallest absolute Gasteiger partial charge is 0.275 e. The normalized spacial score (nSPS) is 18.1. The molecule has 1 aromatic heterocycles. The van der Waals surface area contributed by atoms with Crippen molar-refractivity contribution in [2.24, 2.45) is 5.73 Å². The zero-order chi connectivity index (χ0) is 17.8. The highest BCUT2D eigenvalue weighted by Crippen LogP contribution is 2.16. The Morgan fingerprint density at radius 2 is 1.80 bits per heavy atom. The van der Waals surface area contributed by atoms with E-state index in [9.17, 15) is 9.59 Å². The number of piperazine rings is 1. The number of nitrogens with zero attached hydrogens (tertiary/aromatic N) is 4. The first-order valence-electron chi connectivity index (χ1n) is 8.20. The number of carbonyl (C=O) groups excluding carboxylic acids is 2. The summed E-state index contributed by atoms with van der Waals surface area (Å²) < 4.78 is 0. The van der Waals surface area contributed by atoms with Crippen molar-refractivity contribution < 1.29 is 9.59 Å². The van der Waals surface area contributed by atoms with E-state index < -0.39 is 5.91 Å². The third-order valence-corrected chi connectivity index (χ3v) is 4.51. The Morgan fingerprint density at radius 1 is 1.12 bits per heavy atom. The van der Waals surface area contributed by atoms with E-state index in [1.807, 2.05) is 18.2 Å². The van der Waals surface area contributed by atoms with Crippen LogP contribution in [-0.4, -0.2) is 64.3 Å². The highest BCUT2D eigenvalue weighted by Gasteiger charge is 2.30. The van der Waals surface area contributed by atoms with Crippen LogP contribution in [0, 0.1) is 0 Å². The van der Waals surface area contributed by atoms with Gasteiger partial charge in [0.05, 0.1) is 0 Å². The lowest BCUT2D eigenvalue weighted by molar-refractivity contribution is 0.0538. The number of hydrogen-bond acceptors (Lipinski definition) is 5. The molecule has 3 rings (SSSR count). The summed E-state index contributed by atoms with van der Waals surface area (Å²) in [4.78, 5) is 36.2. The highest BCUT2D eigenvalue weighted by molar-refractivity contribution is 6.04. The van der Waals surface area contributed by atoms with Crippen LogP contribution in [0.15, 0.2) is 42.7 Å². The second-order valence-electron chi connectivity index (χ2n) is 6.19. The molecule has 130 valence electrons. The highest BCUT2D eigenvalue weighted by atomic mass is 16.2. The summed E-state index contributed by atoms with van der Waals surface area (Å²) in [5.41, 5.74) is 6.49. The predicted octanol–water partition coefficient (Wildman–Crippen LogP) is 0.574. The molecule has 25 heavy (non-hydrogen) atoms. The molecule has 1 atom stereocenters. The topological polar surface area (TPSA) is 92.4 Å².